The molecule has 2 aromatic carbocycles. The average molecular weight is 297 g/mol. The van der Waals surface area contributed by atoms with Gasteiger partial charge in [0.15, 0.2) is 0 Å². The number of benzene rings is 1. The predicted molar refractivity (Wildman–Crippen MR) is 66.6 cm³/mol. The van der Waals surface area contributed by atoms with Gasteiger partial charge in [0.25, 0.3) is 0 Å². The normalized spacial score (nSPS) is 9.67. The maximum atomic E-state index is 4.97. The Bertz CT molecular complexity index is 432. The second-order valence-electron chi connectivity index (χ2n) is 3.25. The summed E-state index contributed by atoms with van der Waals surface area (Å²) in [5, 5.41) is 2.75. The van der Waals surface area contributed by atoms with Crippen LogP contribution in [0.1, 0.15) is 11.1 Å². The van der Waals surface area contributed by atoms with Gasteiger partial charge in [-0.25, -0.2) is 0 Å². The number of rotatable bonds is 0. The third-order valence-corrected chi connectivity index (χ3v) is 2.36. The van der Waals surface area contributed by atoms with E-state index in [2.05, 4.69) is 44.2 Å². The van der Waals surface area contributed by atoms with Gasteiger partial charge in [0.05, 0.1) is 0 Å². The summed E-state index contributed by atoms with van der Waals surface area (Å²) in [7, 11) is 14.9. The molecule has 0 aliphatic carbocycles. The van der Waals surface area contributed by atoms with Crippen molar-refractivity contribution in [2.45, 2.75) is 13.8 Å². The summed E-state index contributed by atoms with van der Waals surface area (Å²) in [5.41, 5.74) is 2.79. The fourth-order valence-corrected chi connectivity index (χ4v) is 1.47. The zero-order chi connectivity index (χ0) is 11.4. The fraction of sp³-hybridized carbons (Fsp3) is 0.182. The molecule has 0 atom stereocenters. The predicted octanol–water partition coefficient (Wildman–Crippen LogP) is 5.24. The van der Waals surface area contributed by atoms with Crippen molar-refractivity contribution in [3.05, 3.63) is 41.5 Å². The van der Waals surface area contributed by atoms with Crippen LogP contribution in [-0.2, 0) is 14.7 Å². The topological polar surface area (TPSA) is 0 Å². The molecule has 0 radical (unpaired) electrons. The van der Waals surface area contributed by atoms with Gasteiger partial charge in [-0.15, -0.1) is 29.0 Å². The number of halogens is 3. The van der Waals surface area contributed by atoms with Gasteiger partial charge in [-0.2, -0.15) is 12.1 Å². The van der Waals surface area contributed by atoms with Crippen LogP contribution in [-0.4, -0.2) is 0 Å². The summed E-state index contributed by atoms with van der Waals surface area (Å²) in [4.78, 5) is 0. The van der Waals surface area contributed by atoms with E-state index >= 15 is 0 Å². The Morgan fingerprint density at radius 3 is 2.27 bits per heavy atom. The molecular formula is C11H11Cl3Ti. The van der Waals surface area contributed by atoms with Crippen LogP contribution in [0.4, 0.5) is 0 Å². The summed E-state index contributed by atoms with van der Waals surface area (Å²) < 4.78 is 0. The molecule has 0 aromatic heterocycles. The van der Waals surface area contributed by atoms with Gasteiger partial charge < -0.3 is 0 Å². The van der Waals surface area contributed by atoms with Crippen molar-refractivity contribution in [2.75, 3.05) is 0 Å². The molecule has 0 saturated heterocycles. The standard InChI is InChI=1S/C11H11.3ClH.Ti/c1-8-6-7-10-4-3-5-11(10)9(8)2;;;;/h3-7H,1-2H3;3*1H;/q-1;;;;+4/p-3. The van der Waals surface area contributed by atoms with Gasteiger partial charge >= 0.3 is 42.6 Å². The molecule has 0 saturated carbocycles. The molecule has 0 fully saturated rings. The SMILES string of the molecule is Cc1ccc2[cH-]ccc2c1C.[Cl][Ti+]([Cl])[Cl]. The van der Waals surface area contributed by atoms with Crippen LogP contribution in [0.15, 0.2) is 30.3 Å². The monoisotopic (exact) mass is 296 g/mol. The van der Waals surface area contributed by atoms with Crippen LogP contribution in [0.5, 0.6) is 0 Å². The average Bonchev–Trinajstić information content (AvgIpc) is 2.59. The Labute approximate surface area is 108 Å². The molecular weight excluding hydrogens is 286 g/mol. The Balaban J connectivity index is 0.000000245. The zero-order valence-electron chi connectivity index (χ0n) is 8.52. The molecule has 2 aromatic rings. The molecule has 0 amide bonds. The van der Waals surface area contributed by atoms with Crippen LogP contribution in [0, 0.1) is 13.8 Å². The van der Waals surface area contributed by atoms with Crippen molar-refractivity contribution in [1.82, 2.24) is 0 Å². The maximum absolute atomic E-state index is 4.97. The molecule has 2 rings (SSSR count). The van der Waals surface area contributed by atoms with E-state index < -0.39 is 14.7 Å². The summed E-state index contributed by atoms with van der Waals surface area (Å²) in [6, 6.07) is 10.8. The van der Waals surface area contributed by atoms with Crippen molar-refractivity contribution >= 4 is 38.7 Å². The molecule has 80 valence electrons. The van der Waals surface area contributed by atoms with E-state index in [1.165, 1.54) is 21.9 Å². The van der Waals surface area contributed by atoms with Gasteiger partial charge in [0.1, 0.15) is 0 Å². The van der Waals surface area contributed by atoms with Gasteiger partial charge in [0, 0.05) is 0 Å². The van der Waals surface area contributed by atoms with E-state index in [0.717, 1.165) is 0 Å². The van der Waals surface area contributed by atoms with Crippen molar-refractivity contribution in [1.29, 1.82) is 0 Å². The van der Waals surface area contributed by atoms with E-state index in [9.17, 15) is 0 Å². The fourth-order valence-electron chi connectivity index (χ4n) is 1.47. The molecule has 0 aliphatic heterocycles. The van der Waals surface area contributed by atoms with Gasteiger partial charge in [-0.1, -0.05) is 11.1 Å². The second-order valence-corrected chi connectivity index (χ2v) is 11.0. The Morgan fingerprint density at radius 2 is 1.67 bits per heavy atom. The minimum atomic E-state index is -1.92. The third kappa shape index (κ3) is 4.05. The quantitative estimate of drug-likeness (QED) is 0.461. The molecule has 15 heavy (non-hydrogen) atoms. The summed E-state index contributed by atoms with van der Waals surface area (Å²) in [6.07, 6.45) is 0. The zero-order valence-corrected chi connectivity index (χ0v) is 12.3. The van der Waals surface area contributed by atoms with Crippen molar-refractivity contribution in [2.24, 2.45) is 0 Å². The van der Waals surface area contributed by atoms with Crippen LogP contribution >= 0.6 is 27.9 Å². The Hall–Kier alpha value is 0.414. The molecule has 0 heterocycles. The first-order valence-electron chi connectivity index (χ1n) is 4.47. The van der Waals surface area contributed by atoms with Crippen molar-refractivity contribution < 1.29 is 14.7 Å². The van der Waals surface area contributed by atoms with E-state index in [-0.39, 0.29) is 0 Å². The van der Waals surface area contributed by atoms with E-state index in [1.54, 1.807) is 0 Å². The first-order chi connectivity index (χ1) is 7.02. The van der Waals surface area contributed by atoms with Crippen molar-refractivity contribution in [3.63, 3.8) is 0 Å². The molecule has 0 N–H and O–H groups in total. The Morgan fingerprint density at radius 1 is 1.07 bits per heavy atom. The number of aryl methyl sites for hydroxylation is 2. The molecule has 4 heteroatoms. The molecule has 0 nitrogen and oxygen atoms in total. The third-order valence-electron chi connectivity index (χ3n) is 2.36. The van der Waals surface area contributed by atoms with Crippen LogP contribution < -0.4 is 0 Å². The van der Waals surface area contributed by atoms with Gasteiger partial charge in [0.2, 0.25) is 0 Å². The first kappa shape index (κ1) is 13.5. The summed E-state index contributed by atoms with van der Waals surface area (Å²) in [6.45, 7) is 4.33. The van der Waals surface area contributed by atoms with Gasteiger partial charge in [-0.05, 0) is 13.8 Å². The second kappa shape index (κ2) is 6.22. The van der Waals surface area contributed by atoms with E-state index in [4.69, 9.17) is 27.9 Å². The number of hydrogen-bond donors (Lipinski definition) is 0. The van der Waals surface area contributed by atoms with Crippen LogP contribution in [0.3, 0.4) is 0 Å². The van der Waals surface area contributed by atoms with E-state index in [1.807, 2.05) is 0 Å². The van der Waals surface area contributed by atoms with Crippen LogP contribution in [0.2, 0.25) is 0 Å². The summed E-state index contributed by atoms with van der Waals surface area (Å²) in [5.74, 6) is 0. The first-order valence-corrected chi connectivity index (χ1v) is 10.9. The Kier molecular flexibility index (Phi) is 5.59. The number of fused-ring (bicyclic) bond motifs is 1. The molecule has 0 spiro atoms. The van der Waals surface area contributed by atoms with E-state index in [0.29, 0.717) is 0 Å². The molecule has 0 aliphatic rings. The molecule has 0 bridgehead atoms. The van der Waals surface area contributed by atoms with Crippen LogP contribution in [0.25, 0.3) is 10.8 Å². The minimum absolute atomic E-state index is 1.35. The summed E-state index contributed by atoms with van der Waals surface area (Å²) >= 11 is -1.92. The van der Waals surface area contributed by atoms with Crippen molar-refractivity contribution in [3.8, 4) is 0 Å². The molecule has 0 unspecified atom stereocenters. The number of hydrogen-bond acceptors (Lipinski definition) is 0. The van der Waals surface area contributed by atoms with Gasteiger partial charge in [-0.3, -0.25) is 0 Å².